The monoisotopic (exact) mass is 430 g/mol. The van der Waals surface area contributed by atoms with E-state index in [1.165, 1.54) is 16.4 Å². The molecule has 0 spiro atoms. The van der Waals surface area contributed by atoms with Gasteiger partial charge < -0.3 is 15.5 Å². The van der Waals surface area contributed by atoms with Crippen LogP contribution in [0.3, 0.4) is 0 Å². The molecule has 4 rings (SSSR count). The molecule has 1 aliphatic rings. The Labute approximate surface area is 174 Å². The van der Waals surface area contributed by atoms with Crippen molar-refractivity contribution < 1.29 is 17.5 Å². The molecular formula is C21H23FN4O3S. The molecule has 30 heavy (non-hydrogen) atoms. The van der Waals surface area contributed by atoms with Crippen LogP contribution in [0.2, 0.25) is 0 Å². The van der Waals surface area contributed by atoms with Gasteiger partial charge in [-0.2, -0.15) is 4.31 Å². The number of benzene rings is 1. The highest BCUT2D eigenvalue weighted by Crippen LogP contribution is 2.36. The molecule has 0 atom stereocenters. The van der Waals surface area contributed by atoms with Crippen molar-refractivity contribution in [3.63, 3.8) is 0 Å². The molecule has 0 unspecified atom stereocenters. The number of halogens is 1. The number of sulfonamides is 1. The van der Waals surface area contributed by atoms with Gasteiger partial charge in [0.05, 0.1) is 12.9 Å². The van der Waals surface area contributed by atoms with Crippen LogP contribution in [0.25, 0.3) is 27.7 Å². The largest absolute Gasteiger partial charge is 0.496 e. The maximum absolute atomic E-state index is 13.9. The smallest absolute Gasteiger partial charge is 0.215 e. The number of hydrogen-bond acceptors (Lipinski definition) is 5. The molecule has 0 amide bonds. The minimum Gasteiger partial charge on any atom is -0.496 e. The third kappa shape index (κ3) is 3.83. The molecule has 1 aliphatic heterocycles. The number of aromatic nitrogens is 2. The SMILES string of the molecule is COc1ccc(F)cc1-c1ccnc2[nH]c(C3=CCN(S(=O)(=O)CCN)CC3)cc12. The van der Waals surface area contributed by atoms with Gasteiger partial charge >= 0.3 is 0 Å². The van der Waals surface area contributed by atoms with Gasteiger partial charge in [-0.25, -0.2) is 17.8 Å². The highest BCUT2D eigenvalue weighted by atomic mass is 32.2. The molecular weight excluding hydrogens is 407 g/mol. The zero-order valence-electron chi connectivity index (χ0n) is 16.6. The summed E-state index contributed by atoms with van der Waals surface area (Å²) in [6.07, 6.45) is 4.15. The van der Waals surface area contributed by atoms with E-state index in [1.54, 1.807) is 19.4 Å². The maximum atomic E-state index is 13.9. The first-order chi connectivity index (χ1) is 14.4. The predicted octanol–water partition coefficient (Wildman–Crippen LogP) is 2.76. The van der Waals surface area contributed by atoms with Crippen LogP contribution in [0.4, 0.5) is 4.39 Å². The van der Waals surface area contributed by atoms with Crippen LogP contribution >= 0.6 is 0 Å². The number of ether oxygens (including phenoxy) is 1. The van der Waals surface area contributed by atoms with Crippen LogP contribution in [0, 0.1) is 5.82 Å². The van der Waals surface area contributed by atoms with E-state index in [0.717, 1.165) is 22.2 Å². The minimum absolute atomic E-state index is 0.0503. The summed E-state index contributed by atoms with van der Waals surface area (Å²) in [6.45, 7) is 0.821. The Balaban J connectivity index is 1.70. The first kappa shape index (κ1) is 20.5. The van der Waals surface area contributed by atoms with Crippen molar-refractivity contribution in [3.05, 3.63) is 54.1 Å². The van der Waals surface area contributed by atoms with E-state index in [2.05, 4.69) is 9.97 Å². The Hall–Kier alpha value is -2.75. The Morgan fingerprint density at radius 3 is 2.80 bits per heavy atom. The molecule has 0 aliphatic carbocycles. The second kappa shape index (κ2) is 8.17. The average Bonchev–Trinajstić information content (AvgIpc) is 3.18. The fraction of sp³-hybridized carbons (Fsp3) is 0.286. The van der Waals surface area contributed by atoms with Gasteiger partial charge in [0.25, 0.3) is 0 Å². The van der Waals surface area contributed by atoms with E-state index >= 15 is 0 Å². The zero-order chi connectivity index (χ0) is 21.3. The van der Waals surface area contributed by atoms with E-state index in [0.29, 0.717) is 36.5 Å². The van der Waals surface area contributed by atoms with Gasteiger partial charge in [0.2, 0.25) is 10.0 Å². The number of nitrogens with zero attached hydrogens (tertiary/aromatic N) is 2. The van der Waals surface area contributed by atoms with E-state index in [-0.39, 0.29) is 18.1 Å². The third-order valence-corrected chi connectivity index (χ3v) is 7.14. The highest BCUT2D eigenvalue weighted by molar-refractivity contribution is 7.89. The summed E-state index contributed by atoms with van der Waals surface area (Å²) >= 11 is 0. The van der Waals surface area contributed by atoms with E-state index in [1.807, 2.05) is 18.2 Å². The molecule has 0 saturated carbocycles. The van der Waals surface area contributed by atoms with Crippen molar-refractivity contribution in [1.82, 2.24) is 14.3 Å². The number of aromatic amines is 1. The molecule has 0 bridgehead atoms. The van der Waals surface area contributed by atoms with Gasteiger partial charge in [-0.1, -0.05) is 6.08 Å². The lowest BCUT2D eigenvalue weighted by Crippen LogP contribution is -2.38. The van der Waals surface area contributed by atoms with Crippen LogP contribution in [0.5, 0.6) is 5.75 Å². The first-order valence-corrected chi connectivity index (χ1v) is 11.2. The molecule has 9 heteroatoms. The van der Waals surface area contributed by atoms with Crippen LogP contribution < -0.4 is 10.5 Å². The van der Waals surface area contributed by atoms with Gasteiger partial charge in [-0.15, -0.1) is 0 Å². The normalized spacial score (nSPS) is 15.4. The topological polar surface area (TPSA) is 101 Å². The zero-order valence-corrected chi connectivity index (χ0v) is 17.4. The standard InChI is InChI=1S/C21H23FN4O3S/c1-29-20-3-2-15(22)12-17(20)16-4-8-24-21-18(16)13-19(25-21)14-5-9-26(10-6-14)30(27,28)11-7-23/h2-5,8,12-13H,6-7,9-11,23H2,1H3,(H,24,25). The summed E-state index contributed by atoms with van der Waals surface area (Å²) in [5, 5.41) is 0.843. The fourth-order valence-electron chi connectivity index (χ4n) is 3.75. The summed E-state index contributed by atoms with van der Waals surface area (Å²) in [5.74, 6) is 0.176. The summed E-state index contributed by atoms with van der Waals surface area (Å²) in [7, 11) is -1.78. The Morgan fingerprint density at radius 1 is 1.27 bits per heavy atom. The third-order valence-electron chi connectivity index (χ3n) is 5.27. The number of nitrogens with one attached hydrogen (secondary N) is 1. The van der Waals surface area contributed by atoms with Gasteiger partial charge in [0.15, 0.2) is 0 Å². The molecule has 0 radical (unpaired) electrons. The predicted molar refractivity (Wildman–Crippen MR) is 115 cm³/mol. The lowest BCUT2D eigenvalue weighted by Gasteiger charge is -2.25. The minimum atomic E-state index is -3.33. The quantitative estimate of drug-likeness (QED) is 0.626. The number of pyridine rings is 1. The van der Waals surface area contributed by atoms with Crippen molar-refractivity contribution >= 4 is 26.6 Å². The molecule has 3 N–H and O–H groups in total. The van der Waals surface area contributed by atoms with Gasteiger partial charge in [0.1, 0.15) is 17.2 Å². The molecule has 0 fully saturated rings. The van der Waals surface area contributed by atoms with Crippen LogP contribution in [0.15, 0.2) is 42.6 Å². The number of rotatable bonds is 6. The molecule has 2 aromatic heterocycles. The summed E-state index contributed by atoms with van der Waals surface area (Å²) < 4.78 is 45.2. The summed E-state index contributed by atoms with van der Waals surface area (Å²) in [6, 6.07) is 8.21. The van der Waals surface area contributed by atoms with Crippen LogP contribution in [-0.2, 0) is 10.0 Å². The van der Waals surface area contributed by atoms with E-state index < -0.39 is 10.0 Å². The Bertz CT molecular complexity index is 1220. The number of H-pyrrole nitrogens is 1. The Kier molecular flexibility index (Phi) is 5.59. The van der Waals surface area contributed by atoms with Crippen LogP contribution in [-0.4, -0.2) is 55.2 Å². The molecule has 3 aromatic rings. The first-order valence-electron chi connectivity index (χ1n) is 9.62. The average molecular weight is 431 g/mol. The second-order valence-electron chi connectivity index (χ2n) is 7.09. The number of hydrogen-bond donors (Lipinski definition) is 2. The lowest BCUT2D eigenvalue weighted by molar-refractivity contribution is 0.415. The highest BCUT2D eigenvalue weighted by Gasteiger charge is 2.24. The number of methoxy groups -OCH3 is 1. The number of fused-ring (bicyclic) bond motifs is 1. The molecule has 3 heterocycles. The van der Waals surface area contributed by atoms with E-state index in [4.69, 9.17) is 10.5 Å². The Morgan fingerprint density at radius 2 is 2.10 bits per heavy atom. The lowest BCUT2D eigenvalue weighted by atomic mass is 10.0. The van der Waals surface area contributed by atoms with E-state index in [9.17, 15) is 12.8 Å². The van der Waals surface area contributed by atoms with Gasteiger partial charge in [-0.05, 0) is 47.9 Å². The van der Waals surface area contributed by atoms with Crippen molar-refractivity contribution in [2.24, 2.45) is 5.73 Å². The van der Waals surface area contributed by atoms with Crippen molar-refractivity contribution in [3.8, 4) is 16.9 Å². The van der Waals surface area contributed by atoms with Crippen molar-refractivity contribution in [2.75, 3.05) is 32.5 Å². The summed E-state index contributed by atoms with van der Waals surface area (Å²) in [4.78, 5) is 7.71. The van der Waals surface area contributed by atoms with Gasteiger partial charge in [-0.3, -0.25) is 0 Å². The summed E-state index contributed by atoms with van der Waals surface area (Å²) in [5.41, 5.74) is 9.43. The second-order valence-corrected chi connectivity index (χ2v) is 9.18. The van der Waals surface area contributed by atoms with Crippen LogP contribution in [0.1, 0.15) is 12.1 Å². The molecule has 1 aromatic carbocycles. The molecule has 158 valence electrons. The fourth-order valence-corrected chi connectivity index (χ4v) is 4.98. The molecule has 0 saturated heterocycles. The van der Waals surface area contributed by atoms with Crippen molar-refractivity contribution in [1.29, 1.82) is 0 Å². The maximum Gasteiger partial charge on any atom is 0.215 e. The molecule has 7 nitrogen and oxygen atoms in total. The van der Waals surface area contributed by atoms with Crippen molar-refractivity contribution in [2.45, 2.75) is 6.42 Å². The number of nitrogens with two attached hydrogens (primary N) is 1. The van der Waals surface area contributed by atoms with Gasteiger partial charge in [0, 0.05) is 42.5 Å².